The Balaban J connectivity index is 1.53. The summed E-state index contributed by atoms with van der Waals surface area (Å²) in [4.78, 5) is 22.6. The molecule has 1 aromatic carbocycles. The first-order valence-corrected chi connectivity index (χ1v) is 10.7. The molecule has 1 saturated heterocycles. The largest absolute Gasteiger partial charge is 0.453 e. The highest BCUT2D eigenvalue weighted by Gasteiger charge is 2.42. The van der Waals surface area contributed by atoms with E-state index in [0.717, 1.165) is 19.0 Å². The third kappa shape index (κ3) is 4.18. The summed E-state index contributed by atoms with van der Waals surface area (Å²) in [5.74, 6) is 0.724. The summed E-state index contributed by atoms with van der Waals surface area (Å²) in [6, 6.07) is 3.66. The molecule has 12 heteroatoms. The van der Waals surface area contributed by atoms with Gasteiger partial charge in [0.15, 0.2) is 0 Å². The van der Waals surface area contributed by atoms with Gasteiger partial charge in [0.05, 0.1) is 29.0 Å². The Morgan fingerprint density at radius 2 is 2.12 bits per heavy atom. The predicted molar refractivity (Wildman–Crippen MR) is 117 cm³/mol. The molecule has 2 aliphatic rings. The van der Waals surface area contributed by atoms with Crippen molar-refractivity contribution in [3.8, 4) is 11.3 Å². The summed E-state index contributed by atoms with van der Waals surface area (Å²) in [6.45, 7) is 0.708. The maximum absolute atomic E-state index is 13.8. The molecule has 174 valence electrons. The Hall–Kier alpha value is -3.05. The number of alkyl halides is 3. The van der Waals surface area contributed by atoms with Crippen LogP contribution < -0.4 is 16.0 Å². The molecule has 1 aliphatic heterocycles. The van der Waals surface area contributed by atoms with Gasteiger partial charge in [-0.2, -0.15) is 13.2 Å². The normalized spacial score (nSPS) is 22.0. The molecule has 3 atom stereocenters. The number of carbonyl (C=O) groups excluding carboxylic acids is 1. The van der Waals surface area contributed by atoms with Gasteiger partial charge in [-0.3, -0.25) is 5.32 Å². The van der Waals surface area contributed by atoms with Crippen molar-refractivity contribution >= 4 is 40.2 Å². The Labute approximate surface area is 191 Å². The molecule has 1 amide bonds. The van der Waals surface area contributed by atoms with Gasteiger partial charge >= 0.3 is 12.3 Å². The molecule has 3 unspecified atom stereocenters. The van der Waals surface area contributed by atoms with Crippen molar-refractivity contribution in [2.24, 2.45) is 5.92 Å². The molecule has 0 radical (unpaired) electrons. The number of anilines is 2. The summed E-state index contributed by atoms with van der Waals surface area (Å²) < 4.78 is 46.0. The molecule has 2 fully saturated rings. The van der Waals surface area contributed by atoms with E-state index in [0.29, 0.717) is 29.4 Å². The van der Waals surface area contributed by atoms with E-state index < -0.39 is 17.8 Å². The van der Waals surface area contributed by atoms with Gasteiger partial charge in [-0.1, -0.05) is 11.6 Å². The number of H-pyrrole nitrogens is 1. The van der Waals surface area contributed by atoms with Crippen LogP contribution in [0.15, 0.2) is 24.5 Å². The molecule has 0 spiro atoms. The van der Waals surface area contributed by atoms with Gasteiger partial charge in [0.2, 0.25) is 5.95 Å². The third-order valence-corrected chi connectivity index (χ3v) is 6.43. The van der Waals surface area contributed by atoms with Crippen LogP contribution in [-0.4, -0.2) is 46.8 Å². The van der Waals surface area contributed by atoms with E-state index >= 15 is 0 Å². The van der Waals surface area contributed by atoms with Crippen molar-refractivity contribution in [2.45, 2.75) is 31.1 Å². The quantitative estimate of drug-likeness (QED) is 0.434. The van der Waals surface area contributed by atoms with E-state index in [2.05, 4.69) is 35.6 Å². The van der Waals surface area contributed by atoms with Gasteiger partial charge in [-0.05, 0) is 30.9 Å². The number of piperidine rings is 1. The molecule has 1 aliphatic carbocycles. The Kier molecular flexibility index (Phi) is 5.32. The first kappa shape index (κ1) is 21.8. The first-order chi connectivity index (χ1) is 15.7. The van der Waals surface area contributed by atoms with Crippen LogP contribution in [0.1, 0.15) is 18.4 Å². The topological polar surface area (TPSA) is 104 Å². The minimum Gasteiger partial charge on any atom is -0.453 e. The lowest BCUT2D eigenvalue weighted by Crippen LogP contribution is -2.39. The van der Waals surface area contributed by atoms with Gasteiger partial charge in [0.25, 0.3) is 0 Å². The molecule has 2 aromatic heterocycles. The maximum atomic E-state index is 13.8. The predicted octanol–water partition coefficient (Wildman–Crippen LogP) is 4.64. The van der Waals surface area contributed by atoms with Crippen LogP contribution in [0.5, 0.6) is 0 Å². The summed E-state index contributed by atoms with van der Waals surface area (Å²) in [5.41, 5.74) is -0.375. The zero-order valence-electron chi connectivity index (χ0n) is 17.4. The van der Waals surface area contributed by atoms with Crippen LogP contribution in [0.3, 0.4) is 0 Å². The number of hydrogen-bond acceptors (Lipinski definition) is 6. The molecular formula is C21H20ClF3N6O2. The minimum absolute atomic E-state index is 0.0442. The summed E-state index contributed by atoms with van der Waals surface area (Å²) >= 11 is 6.38. The van der Waals surface area contributed by atoms with E-state index in [4.69, 9.17) is 11.6 Å². The number of carbonyl (C=O) groups is 1. The fourth-order valence-electron chi connectivity index (χ4n) is 4.27. The number of benzene rings is 1. The molecule has 1 saturated carbocycles. The monoisotopic (exact) mass is 480 g/mol. The molecular weight excluding hydrogens is 461 g/mol. The summed E-state index contributed by atoms with van der Waals surface area (Å²) in [6.07, 6.45) is -1.10. The van der Waals surface area contributed by atoms with Crippen LogP contribution >= 0.6 is 11.6 Å². The highest BCUT2D eigenvalue weighted by Crippen LogP contribution is 2.42. The zero-order valence-corrected chi connectivity index (χ0v) is 18.1. The Bertz CT molecular complexity index is 1230. The summed E-state index contributed by atoms with van der Waals surface area (Å²) in [5, 5.41) is 9.59. The van der Waals surface area contributed by atoms with Gasteiger partial charge in [0, 0.05) is 42.0 Å². The number of nitrogens with one attached hydrogen (secondary N) is 4. The second-order valence-electron chi connectivity index (χ2n) is 8.21. The first-order valence-electron chi connectivity index (χ1n) is 10.3. The molecule has 3 aromatic rings. The van der Waals surface area contributed by atoms with Crippen LogP contribution in [0.2, 0.25) is 5.02 Å². The number of halogens is 4. The van der Waals surface area contributed by atoms with Crippen molar-refractivity contribution in [3.63, 3.8) is 0 Å². The number of nitrogens with zero attached hydrogens (tertiary/aromatic N) is 2. The fourth-order valence-corrected chi connectivity index (χ4v) is 4.54. The highest BCUT2D eigenvalue weighted by molar-refractivity contribution is 6.38. The number of amides is 1. The Morgan fingerprint density at radius 1 is 1.30 bits per heavy atom. The molecule has 0 bridgehead atoms. The standard InChI is InChI=1S/C21H20ClF3N6O2/c1-33-20(32)30-14-3-2-11-12(7-27-18(11)16(14)22)17-13(21(23,24)25)8-28-19(31-17)29-10-4-9-5-15(9)26-6-10/h2-3,7-10,15,26-27H,4-6H2,1H3,(H,30,32)(H,28,29,31). The number of rotatable bonds is 4. The van der Waals surface area contributed by atoms with Gasteiger partial charge in [-0.15, -0.1) is 0 Å². The second-order valence-corrected chi connectivity index (χ2v) is 8.59. The highest BCUT2D eigenvalue weighted by atomic mass is 35.5. The fraction of sp³-hybridized carbons (Fsp3) is 0.381. The number of fused-ring (bicyclic) bond motifs is 2. The molecule has 3 heterocycles. The SMILES string of the molecule is COC(=O)Nc1ccc2c(-c3nc(NC4CNC5CC5C4)ncc3C(F)(F)F)c[nH]c2c1Cl. The second kappa shape index (κ2) is 8.07. The number of aromatic nitrogens is 3. The number of hydrogen-bond donors (Lipinski definition) is 4. The number of ether oxygens (including phenoxy) is 1. The van der Waals surface area contributed by atoms with Crippen LogP contribution in [0.25, 0.3) is 22.2 Å². The maximum Gasteiger partial charge on any atom is 0.419 e. The van der Waals surface area contributed by atoms with Crippen molar-refractivity contribution < 1.29 is 22.7 Å². The average Bonchev–Trinajstić information content (AvgIpc) is 3.42. The van der Waals surface area contributed by atoms with E-state index in [1.54, 1.807) is 6.07 Å². The third-order valence-electron chi connectivity index (χ3n) is 6.03. The molecule has 33 heavy (non-hydrogen) atoms. The summed E-state index contributed by atoms with van der Waals surface area (Å²) in [7, 11) is 1.21. The van der Waals surface area contributed by atoms with Crippen molar-refractivity contribution in [2.75, 3.05) is 24.3 Å². The van der Waals surface area contributed by atoms with Gasteiger partial charge < -0.3 is 20.4 Å². The molecule has 4 N–H and O–H groups in total. The lowest BCUT2D eigenvalue weighted by Gasteiger charge is -2.24. The van der Waals surface area contributed by atoms with Crippen LogP contribution in [0, 0.1) is 5.92 Å². The van der Waals surface area contributed by atoms with Crippen molar-refractivity contribution in [1.29, 1.82) is 0 Å². The molecule has 5 rings (SSSR count). The van der Waals surface area contributed by atoms with E-state index in [1.807, 2.05) is 0 Å². The Morgan fingerprint density at radius 3 is 2.85 bits per heavy atom. The number of methoxy groups -OCH3 is 1. The number of aromatic amines is 1. The van der Waals surface area contributed by atoms with Crippen molar-refractivity contribution in [1.82, 2.24) is 20.3 Å². The minimum atomic E-state index is -4.65. The molecule has 8 nitrogen and oxygen atoms in total. The smallest absolute Gasteiger partial charge is 0.419 e. The van der Waals surface area contributed by atoms with Crippen LogP contribution in [0.4, 0.5) is 29.6 Å². The van der Waals surface area contributed by atoms with E-state index in [-0.39, 0.29) is 34.0 Å². The van der Waals surface area contributed by atoms with E-state index in [1.165, 1.54) is 19.4 Å². The van der Waals surface area contributed by atoms with Crippen LogP contribution in [-0.2, 0) is 10.9 Å². The van der Waals surface area contributed by atoms with E-state index in [9.17, 15) is 18.0 Å². The van der Waals surface area contributed by atoms with Crippen molar-refractivity contribution in [3.05, 3.63) is 35.1 Å². The van der Waals surface area contributed by atoms with Gasteiger partial charge in [-0.25, -0.2) is 14.8 Å². The lowest BCUT2D eigenvalue weighted by molar-refractivity contribution is -0.137. The lowest BCUT2D eigenvalue weighted by atomic mass is 10.1. The van der Waals surface area contributed by atoms with Gasteiger partial charge in [0.1, 0.15) is 5.56 Å². The zero-order chi connectivity index (χ0) is 23.3. The average molecular weight is 481 g/mol.